The van der Waals surface area contributed by atoms with Gasteiger partial charge in [-0.25, -0.2) is 0 Å². The number of aromatic nitrogens is 2. The number of benzene rings is 2. The topological polar surface area (TPSA) is 86.5 Å². The zero-order valence-electron chi connectivity index (χ0n) is 15.8. The second-order valence-electron chi connectivity index (χ2n) is 6.83. The quantitative estimate of drug-likeness (QED) is 0.732. The minimum absolute atomic E-state index is 0.0395. The molecule has 1 amide bonds. The second kappa shape index (κ2) is 7.72. The van der Waals surface area contributed by atoms with Crippen molar-refractivity contribution in [3.8, 4) is 11.5 Å². The first-order valence-corrected chi connectivity index (χ1v) is 9.09. The van der Waals surface area contributed by atoms with E-state index in [-0.39, 0.29) is 18.2 Å². The van der Waals surface area contributed by atoms with Gasteiger partial charge >= 0.3 is 0 Å². The van der Waals surface area contributed by atoms with E-state index in [1.165, 1.54) is 0 Å². The molecule has 7 heteroatoms. The second-order valence-corrected chi connectivity index (χ2v) is 6.83. The molecule has 0 unspecified atom stereocenters. The standard InChI is InChI=1S/C21H21N3O4/c1-13-3-6-16(7-4-13)22-20(25)11-19-23-21(28-24-19)15-9-14-5-8-17(26-2)10-18(14)27-12-15/h3-8,10,15H,9,11-12H2,1-2H3,(H,22,25)/t15-/m0/s1. The molecule has 1 aliphatic rings. The summed E-state index contributed by atoms with van der Waals surface area (Å²) in [7, 11) is 1.63. The van der Waals surface area contributed by atoms with Crippen molar-refractivity contribution < 1.29 is 18.8 Å². The van der Waals surface area contributed by atoms with Gasteiger partial charge in [0.25, 0.3) is 0 Å². The molecule has 1 atom stereocenters. The molecule has 28 heavy (non-hydrogen) atoms. The summed E-state index contributed by atoms with van der Waals surface area (Å²) in [5, 5.41) is 6.78. The highest BCUT2D eigenvalue weighted by Gasteiger charge is 2.27. The summed E-state index contributed by atoms with van der Waals surface area (Å²) < 4.78 is 16.4. The molecule has 144 valence electrons. The maximum absolute atomic E-state index is 12.2. The van der Waals surface area contributed by atoms with Gasteiger partial charge in [0.05, 0.1) is 19.4 Å². The first kappa shape index (κ1) is 18.0. The van der Waals surface area contributed by atoms with Crippen LogP contribution in [0.5, 0.6) is 11.5 Å². The van der Waals surface area contributed by atoms with Gasteiger partial charge in [0, 0.05) is 11.8 Å². The summed E-state index contributed by atoms with van der Waals surface area (Å²) in [5.41, 5.74) is 2.94. The van der Waals surface area contributed by atoms with E-state index < -0.39 is 0 Å². The number of hydrogen-bond acceptors (Lipinski definition) is 6. The van der Waals surface area contributed by atoms with Crippen LogP contribution in [0.15, 0.2) is 47.0 Å². The summed E-state index contributed by atoms with van der Waals surface area (Å²) in [5.74, 6) is 2.19. The van der Waals surface area contributed by atoms with E-state index in [9.17, 15) is 4.79 Å². The van der Waals surface area contributed by atoms with Crippen LogP contribution in [0.1, 0.15) is 28.8 Å². The number of methoxy groups -OCH3 is 1. The Bertz CT molecular complexity index is 982. The van der Waals surface area contributed by atoms with Gasteiger partial charge in [-0.1, -0.05) is 28.9 Å². The Morgan fingerprint density at radius 2 is 2.07 bits per heavy atom. The highest BCUT2D eigenvalue weighted by Crippen LogP contribution is 2.34. The fraction of sp³-hybridized carbons (Fsp3) is 0.286. The SMILES string of the molecule is COc1ccc2c(c1)OC[C@@H](c1nc(CC(=O)Nc3ccc(C)cc3)no1)C2. The molecule has 0 fully saturated rings. The van der Waals surface area contributed by atoms with Gasteiger partial charge < -0.3 is 19.3 Å². The Balaban J connectivity index is 1.38. The Hall–Kier alpha value is -3.35. The molecule has 0 saturated heterocycles. The molecule has 0 saturated carbocycles. The molecule has 0 aliphatic carbocycles. The lowest BCUT2D eigenvalue weighted by atomic mass is 9.96. The number of nitrogens with one attached hydrogen (secondary N) is 1. The lowest BCUT2D eigenvalue weighted by Gasteiger charge is -2.23. The van der Waals surface area contributed by atoms with E-state index in [1.54, 1.807) is 7.11 Å². The van der Waals surface area contributed by atoms with Crippen LogP contribution in [0.4, 0.5) is 5.69 Å². The zero-order chi connectivity index (χ0) is 19.5. The number of fused-ring (bicyclic) bond motifs is 1. The van der Waals surface area contributed by atoms with E-state index in [4.69, 9.17) is 14.0 Å². The molecule has 1 N–H and O–H groups in total. The number of ether oxygens (including phenoxy) is 2. The van der Waals surface area contributed by atoms with Crippen molar-refractivity contribution in [2.75, 3.05) is 19.0 Å². The average Bonchev–Trinajstić information content (AvgIpc) is 3.17. The van der Waals surface area contributed by atoms with Crippen molar-refractivity contribution in [2.24, 2.45) is 0 Å². The number of carbonyl (C=O) groups is 1. The lowest BCUT2D eigenvalue weighted by molar-refractivity contribution is -0.115. The molecule has 2 aromatic carbocycles. The van der Waals surface area contributed by atoms with Crippen LogP contribution in [0.2, 0.25) is 0 Å². The normalized spacial score (nSPS) is 15.4. The van der Waals surface area contributed by atoms with E-state index in [0.717, 1.165) is 34.7 Å². The molecular weight excluding hydrogens is 358 g/mol. The predicted molar refractivity (Wildman–Crippen MR) is 103 cm³/mol. The maximum Gasteiger partial charge on any atom is 0.233 e. The monoisotopic (exact) mass is 379 g/mol. The van der Waals surface area contributed by atoms with Crippen molar-refractivity contribution >= 4 is 11.6 Å². The van der Waals surface area contributed by atoms with Crippen molar-refractivity contribution in [3.63, 3.8) is 0 Å². The third-order valence-electron chi connectivity index (χ3n) is 4.67. The minimum Gasteiger partial charge on any atom is -0.497 e. The lowest BCUT2D eigenvalue weighted by Crippen LogP contribution is -2.20. The molecule has 3 aromatic rings. The van der Waals surface area contributed by atoms with Crippen molar-refractivity contribution in [1.82, 2.24) is 10.1 Å². The number of hydrogen-bond donors (Lipinski definition) is 1. The van der Waals surface area contributed by atoms with Crippen LogP contribution in [0, 0.1) is 6.92 Å². The molecular formula is C21H21N3O4. The Morgan fingerprint density at radius 1 is 1.25 bits per heavy atom. The fourth-order valence-electron chi connectivity index (χ4n) is 3.13. The molecule has 1 aliphatic heterocycles. The first-order valence-electron chi connectivity index (χ1n) is 9.09. The Kier molecular flexibility index (Phi) is 4.97. The number of amides is 1. The van der Waals surface area contributed by atoms with Gasteiger partial charge in [-0.3, -0.25) is 4.79 Å². The highest BCUT2D eigenvalue weighted by molar-refractivity contribution is 5.91. The molecule has 2 heterocycles. The van der Waals surface area contributed by atoms with Gasteiger partial charge in [-0.05, 0) is 37.1 Å². The minimum atomic E-state index is -0.187. The molecule has 4 rings (SSSR count). The van der Waals surface area contributed by atoms with Gasteiger partial charge in [0.2, 0.25) is 11.8 Å². The van der Waals surface area contributed by atoms with Gasteiger partial charge in [-0.15, -0.1) is 0 Å². The van der Waals surface area contributed by atoms with E-state index in [1.807, 2.05) is 49.4 Å². The summed E-state index contributed by atoms with van der Waals surface area (Å²) in [6, 6.07) is 13.4. The largest absolute Gasteiger partial charge is 0.497 e. The van der Waals surface area contributed by atoms with E-state index in [0.29, 0.717) is 18.3 Å². The van der Waals surface area contributed by atoms with E-state index in [2.05, 4.69) is 15.5 Å². The van der Waals surface area contributed by atoms with Crippen molar-refractivity contribution in [1.29, 1.82) is 0 Å². The van der Waals surface area contributed by atoms with Crippen molar-refractivity contribution in [2.45, 2.75) is 25.7 Å². The smallest absolute Gasteiger partial charge is 0.233 e. The molecule has 0 radical (unpaired) electrons. The summed E-state index contributed by atoms with van der Waals surface area (Å²) in [6.07, 6.45) is 0.787. The highest BCUT2D eigenvalue weighted by atomic mass is 16.5. The van der Waals surface area contributed by atoms with Crippen LogP contribution in [0.3, 0.4) is 0 Å². The van der Waals surface area contributed by atoms with Gasteiger partial charge in [0.15, 0.2) is 5.82 Å². The number of carbonyl (C=O) groups excluding carboxylic acids is 1. The van der Waals surface area contributed by atoms with Crippen LogP contribution < -0.4 is 14.8 Å². The number of nitrogens with zero attached hydrogens (tertiary/aromatic N) is 2. The summed E-state index contributed by atoms with van der Waals surface area (Å²) >= 11 is 0. The van der Waals surface area contributed by atoms with Gasteiger partial charge in [-0.2, -0.15) is 4.98 Å². The molecule has 1 aromatic heterocycles. The Morgan fingerprint density at radius 3 is 2.86 bits per heavy atom. The maximum atomic E-state index is 12.2. The Labute approximate surface area is 162 Å². The third kappa shape index (κ3) is 3.98. The van der Waals surface area contributed by atoms with Crippen molar-refractivity contribution in [3.05, 3.63) is 65.3 Å². The van der Waals surface area contributed by atoms with Crippen LogP contribution >= 0.6 is 0 Å². The van der Waals surface area contributed by atoms with Crippen LogP contribution in [0.25, 0.3) is 0 Å². The third-order valence-corrected chi connectivity index (χ3v) is 4.67. The molecule has 0 bridgehead atoms. The first-order chi connectivity index (χ1) is 13.6. The van der Waals surface area contributed by atoms with Crippen LogP contribution in [-0.2, 0) is 17.6 Å². The van der Waals surface area contributed by atoms with Crippen LogP contribution in [-0.4, -0.2) is 29.8 Å². The molecule has 0 spiro atoms. The molecule has 7 nitrogen and oxygen atoms in total. The summed E-state index contributed by atoms with van der Waals surface area (Å²) in [4.78, 5) is 16.6. The number of rotatable bonds is 5. The number of aryl methyl sites for hydroxylation is 1. The fourth-order valence-corrected chi connectivity index (χ4v) is 3.13. The van der Waals surface area contributed by atoms with E-state index >= 15 is 0 Å². The summed E-state index contributed by atoms with van der Waals surface area (Å²) in [6.45, 7) is 2.44. The average molecular weight is 379 g/mol. The number of anilines is 1. The predicted octanol–water partition coefficient (Wildman–Crippen LogP) is 3.29. The zero-order valence-corrected chi connectivity index (χ0v) is 15.8. The van der Waals surface area contributed by atoms with Gasteiger partial charge in [0.1, 0.15) is 18.1 Å².